The van der Waals surface area contributed by atoms with Crippen molar-refractivity contribution in [2.24, 2.45) is 0 Å². The van der Waals surface area contributed by atoms with Gasteiger partial charge in [0.1, 0.15) is 0 Å². The minimum atomic E-state index is -2.42. The van der Waals surface area contributed by atoms with Crippen LogP contribution < -0.4 is 5.79 Å². The van der Waals surface area contributed by atoms with Gasteiger partial charge in [0, 0.05) is 0 Å². The average Bonchev–Trinajstić information content (AvgIpc) is 3.75. The van der Waals surface area contributed by atoms with Crippen LogP contribution in [0.15, 0.2) is 35.4 Å². The molecule has 1 aliphatic rings. The van der Waals surface area contributed by atoms with Crippen LogP contribution in [-0.2, 0) is 0 Å². The predicted octanol–water partition coefficient (Wildman–Crippen LogP) is 14.0. The van der Waals surface area contributed by atoms with Gasteiger partial charge >= 0.3 is 301 Å². The molecule has 2 aromatic rings. The number of thiophene rings is 2. The quantitative estimate of drug-likeness (QED) is 0.103. The molecular weight excluding hydrogens is 810 g/mol. The fourth-order valence-electron chi connectivity index (χ4n) is 8.52. The van der Waals surface area contributed by atoms with Crippen molar-refractivity contribution in [3.63, 3.8) is 0 Å². The predicted molar refractivity (Wildman–Crippen MR) is 220 cm³/mol. The standard InChI is InChI=1S/C16H16S2Si.6C4H9.2Sn/c1-11-12(2)16(14-8-6-10-18-14)19(3,4)15(11)13-7-5-9-17-13;6*1-3-4-2;;/h5-8H,1-4H3;6*1,3-4H2,2H3;;. The van der Waals surface area contributed by atoms with E-state index in [-0.39, 0.29) is 0 Å². The van der Waals surface area contributed by atoms with Crippen LogP contribution in [0.3, 0.4) is 0 Å². The molecule has 0 fully saturated rings. The van der Waals surface area contributed by atoms with Crippen LogP contribution in [0.4, 0.5) is 0 Å². The Morgan fingerprint density at radius 3 is 0.978 bits per heavy atom. The summed E-state index contributed by atoms with van der Waals surface area (Å²) < 4.78 is 13.3. The van der Waals surface area contributed by atoms with E-state index in [9.17, 15) is 0 Å². The van der Waals surface area contributed by atoms with Gasteiger partial charge in [-0.3, -0.25) is 0 Å². The molecule has 0 nitrogen and oxygen atoms in total. The zero-order chi connectivity index (χ0) is 33.1. The zero-order valence-electron chi connectivity index (χ0n) is 31.4. The molecule has 0 spiro atoms. The molecule has 3 heterocycles. The Hall–Kier alpha value is 0.694. The van der Waals surface area contributed by atoms with Crippen molar-refractivity contribution in [2.75, 3.05) is 0 Å². The van der Waals surface area contributed by atoms with Gasteiger partial charge in [-0.1, -0.05) is 0 Å². The van der Waals surface area contributed by atoms with Crippen molar-refractivity contribution in [2.45, 2.75) is 172 Å². The van der Waals surface area contributed by atoms with E-state index in [1.807, 2.05) is 5.79 Å². The van der Waals surface area contributed by atoms with E-state index in [0.29, 0.717) is 0 Å². The number of unbranched alkanes of at least 4 members (excludes halogenated alkanes) is 6. The van der Waals surface area contributed by atoms with Gasteiger partial charge in [-0.2, -0.15) is 0 Å². The fourth-order valence-corrected chi connectivity index (χ4v) is 54.6. The summed E-state index contributed by atoms with van der Waals surface area (Å²) in [5, 5.41) is 3.56. The van der Waals surface area contributed by atoms with Gasteiger partial charge in [-0.25, -0.2) is 0 Å². The van der Waals surface area contributed by atoms with E-state index in [1.54, 1.807) is 57.9 Å². The molecule has 3 rings (SSSR count). The summed E-state index contributed by atoms with van der Waals surface area (Å²) in [5.41, 5.74) is 3.25. The first kappa shape index (κ1) is 40.1. The third-order valence-corrected chi connectivity index (χ3v) is 54.3. The van der Waals surface area contributed by atoms with Crippen molar-refractivity contribution >= 4 is 83.7 Å². The van der Waals surface area contributed by atoms with Crippen LogP contribution in [0.2, 0.25) is 39.7 Å². The molecule has 0 bridgehead atoms. The Bertz CT molecular complexity index is 1110. The van der Waals surface area contributed by atoms with Crippen molar-refractivity contribution in [3.8, 4) is 0 Å². The molecule has 0 atom stereocenters. The van der Waals surface area contributed by atoms with E-state index >= 15 is 0 Å². The molecule has 0 aromatic carbocycles. The Morgan fingerprint density at radius 2 is 0.733 bits per heavy atom. The molecule has 0 saturated carbocycles. The Labute approximate surface area is 298 Å². The molecule has 254 valence electrons. The number of hydrogen-bond donors (Lipinski definition) is 0. The van der Waals surface area contributed by atoms with Gasteiger partial charge in [-0.15, -0.1) is 0 Å². The second-order valence-electron chi connectivity index (χ2n) is 15.1. The van der Waals surface area contributed by atoms with Gasteiger partial charge in [0.05, 0.1) is 0 Å². The Kier molecular flexibility index (Phi) is 17.1. The van der Waals surface area contributed by atoms with Gasteiger partial charge in [0.15, 0.2) is 0 Å². The summed E-state index contributed by atoms with van der Waals surface area (Å²) in [5.74, 6) is 0. The molecule has 0 radical (unpaired) electrons. The SMILES string of the molecule is CCC[CH2][Sn]([CH2]CCC)([CH2]CCC)[c]1ccc(C2=C(C)C(C)=C(c3cc[c]([Sn]([CH2]CCC)([CH2]CCC)[CH2]CCC)s3)[Si]2(C)C)s1. The van der Waals surface area contributed by atoms with E-state index in [1.165, 1.54) is 77.0 Å². The monoisotopic (exact) mass is 882 g/mol. The number of hydrogen-bond acceptors (Lipinski definition) is 2. The summed E-state index contributed by atoms with van der Waals surface area (Å²) >= 11 is -0.274. The molecule has 5 heteroatoms. The van der Waals surface area contributed by atoms with Gasteiger partial charge < -0.3 is 0 Å². The van der Waals surface area contributed by atoms with E-state index < -0.39 is 44.8 Å². The fraction of sp³-hybridized carbons (Fsp3) is 0.700. The molecule has 0 N–H and O–H groups in total. The maximum absolute atomic E-state index is 2.69. The third kappa shape index (κ3) is 9.48. The normalized spacial score (nSPS) is 15.6. The average molecular weight is 881 g/mol. The summed E-state index contributed by atoms with van der Waals surface area (Å²) in [6, 6.07) is 10.6. The Morgan fingerprint density at radius 1 is 0.467 bits per heavy atom. The summed E-state index contributed by atoms with van der Waals surface area (Å²) in [6.45, 7) is 24.8. The molecular formula is C40H70S2SiSn2. The number of allylic oxidation sites excluding steroid dienone is 2. The van der Waals surface area contributed by atoms with Crippen LogP contribution in [0.1, 0.15) is 142 Å². The van der Waals surface area contributed by atoms with Crippen LogP contribution in [0, 0.1) is 0 Å². The van der Waals surface area contributed by atoms with Gasteiger partial charge in [-0.05, 0) is 0 Å². The molecule has 0 amide bonds. The van der Waals surface area contributed by atoms with E-state index in [0.717, 1.165) is 0 Å². The van der Waals surface area contributed by atoms with Crippen LogP contribution >= 0.6 is 22.7 Å². The second-order valence-corrected chi connectivity index (χ2v) is 49.9. The molecule has 0 aliphatic carbocycles. The minimum absolute atomic E-state index is 1.36. The van der Waals surface area contributed by atoms with Gasteiger partial charge in [0.25, 0.3) is 0 Å². The topological polar surface area (TPSA) is 0 Å². The second kappa shape index (κ2) is 19.2. The first-order chi connectivity index (χ1) is 21.6. The van der Waals surface area contributed by atoms with E-state index in [4.69, 9.17) is 0 Å². The van der Waals surface area contributed by atoms with Crippen molar-refractivity contribution in [3.05, 3.63) is 45.2 Å². The molecule has 0 saturated heterocycles. The summed E-state index contributed by atoms with van der Waals surface area (Å²) in [7, 11) is -1.82. The summed E-state index contributed by atoms with van der Waals surface area (Å²) in [6.07, 6.45) is 16.8. The van der Waals surface area contributed by atoms with Crippen molar-refractivity contribution < 1.29 is 0 Å². The zero-order valence-corrected chi connectivity index (χ0v) is 39.7. The molecule has 0 unspecified atom stereocenters. The molecule has 45 heavy (non-hydrogen) atoms. The Balaban J connectivity index is 2.03. The van der Waals surface area contributed by atoms with Crippen LogP contribution in [0.25, 0.3) is 10.4 Å². The van der Waals surface area contributed by atoms with Gasteiger partial charge in [0.2, 0.25) is 0 Å². The van der Waals surface area contributed by atoms with E-state index in [2.05, 4.69) is 115 Å². The first-order valence-corrected chi connectivity index (χ1v) is 38.8. The van der Waals surface area contributed by atoms with Crippen LogP contribution in [0.5, 0.6) is 0 Å². The molecule has 1 aliphatic heterocycles. The number of rotatable bonds is 22. The van der Waals surface area contributed by atoms with Crippen molar-refractivity contribution in [1.29, 1.82) is 0 Å². The van der Waals surface area contributed by atoms with Crippen molar-refractivity contribution in [1.82, 2.24) is 0 Å². The molecule has 2 aromatic heterocycles. The summed E-state index contributed by atoms with van der Waals surface area (Å²) in [4.78, 5) is 3.30. The van der Waals surface area contributed by atoms with Crippen LogP contribution in [-0.4, -0.2) is 44.8 Å². The maximum atomic E-state index is 2.69. The third-order valence-electron chi connectivity index (χ3n) is 11.4. The first-order valence-electron chi connectivity index (χ1n) is 19.3.